The number of nitrogens with zero attached hydrogens (tertiary/aromatic N) is 1. The first-order valence-electron chi connectivity index (χ1n) is 7.83. The van der Waals surface area contributed by atoms with Gasteiger partial charge in [-0.3, -0.25) is 0 Å². The minimum absolute atomic E-state index is 0.000804. The lowest BCUT2D eigenvalue weighted by atomic mass is 9.74. The molecule has 0 N–H and O–H groups in total. The van der Waals surface area contributed by atoms with Gasteiger partial charge in [0.25, 0.3) is 0 Å². The highest BCUT2D eigenvalue weighted by molar-refractivity contribution is 5.68. The third-order valence-corrected chi connectivity index (χ3v) is 4.76. The molecule has 2 rings (SSSR count). The zero-order valence-electron chi connectivity index (χ0n) is 13.6. The molecule has 0 aromatic rings. The molecular formula is C16H29NO3. The highest BCUT2D eigenvalue weighted by Gasteiger charge is 2.47. The molecular weight excluding hydrogens is 254 g/mol. The van der Waals surface area contributed by atoms with Gasteiger partial charge in [0.15, 0.2) is 0 Å². The summed E-state index contributed by atoms with van der Waals surface area (Å²) in [7, 11) is 1.83. The van der Waals surface area contributed by atoms with Crippen LogP contribution in [0.5, 0.6) is 0 Å². The fourth-order valence-corrected chi connectivity index (χ4v) is 3.41. The summed E-state index contributed by atoms with van der Waals surface area (Å²) in [5.74, 6) is 0.591. The van der Waals surface area contributed by atoms with E-state index in [-0.39, 0.29) is 17.7 Å². The Morgan fingerprint density at radius 1 is 1.35 bits per heavy atom. The van der Waals surface area contributed by atoms with Crippen molar-refractivity contribution >= 4 is 6.09 Å². The van der Waals surface area contributed by atoms with Crippen molar-refractivity contribution in [3.05, 3.63) is 0 Å². The molecule has 0 radical (unpaired) electrons. The van der Waals surface area contributed by atoms with Crippen molar-refractivity contribution < 1.29 is 14.3 Å². The molecule has 2 aliphatic rings. The number of hydrogen-bond acceptors (Lipinski definition) is 3. The van der Waals surface area contributed by atoms with E-state index in [2.05, 4.69) is 6.92 Å². The van der Waals surface area contributed by atoms with E-state index in [4.69, 9.17) is 9.47 Å². The predicted molar refractivity (Wildman–Crippen MR) is 78.7 cm³/mol. The smallest absolute Gasteiger partial charge is 0.410 e. The Kier molecular flexibility index (Phi) is 4.33. The Balaban J connectivity index is 1.96. The largest absolute Gasteiger partial charge is 0.444 e. The van der Waals surface area contributed by atoms with Gasteiger partial charge in [0.1, 0.15) is 5.60 Å². The second-order valence-electron chi connectivity index (χ2n) is 7.47. The number of likely N-dealkylation sites (N-methyl/N-ethyl adjacent to an activating group) is 1. The zero-order valence-corrected chi connectivity index (χ0v) is 13.6. The van der Waals surface area contributed by atoms with Crippen molar-refractivity contribution in [3.8, 4) is 0 Å². The minimum atomic E-state index is -0.444. The van der Waals surface area contributed by atoms with Crippen molar-refractivity contribution in [1.29, 1.82) is 0 Å². The number of rotatable bonds is 1. The van der Waals surface area contributed by atoms with E-state index >= 15 is 0 Å². The Morgan fingerprint density at radius 3 is 2.65 bits per heavy atom. The molecule has 20 heavy (non-hydrogen) atoms. The molecule has 1 aliphatic carbocycles. The molecule has 1 saturated heterocycles. The highest BCUT2D eigenvalue weighted by atomic mass is 16.6. The van der Waals surface area contributed by atoms with Crippen LogP contribution >= 0.6 is 0 Å². The summed E-state index contributed by atoms with van der Waals surface area (Å²) in [5.41, 5.74) is -0.445. The van der Waals surface area contributed by atoms with E-state index in [9.17, 15) is 4.79 Å². The first-order valence-corrected chi connectivity index (χ1v) is 7.83. The first-order chi connectivity index (χ1) is 9.23. The molecule has 0 bridgehead atoms. The SMILES string of the molecule is C[C@@H]1CCCC[C@]12C[C@H](N(C)C(=O)OC(C)(C)C)CO2. The number of hydrogen-bond donors (Lipinski definition) is 0. The first kappa shape index (κ1) is 15.6. The Hall–Kier alpha value is -0.770. The van der Waals surface area contributed by atoms with E-state index < -0.39 is 5.60 Å². The van der Waals surface area contributed by atoms with Gasteiger partial charge in [-0.1, -0.05) is 19.8 Å². The Morgan fingerprint density at radius 2 is 2.05 bits per heavy atom. The van der Waals surface area contributed by atoms with E-state index in [1.807, 2.05) is 27.8 Å². The van der Waals surface area contributed by atoms with Crippen molar-refractivity contribution in [2.24, 2.45) is 5.92 Å². The molecule has 116 valence electrons. The van der Waals surface area contributed by atoms with Crippen LogP contribution in [0.2, 0.25) is 0 Å². The van der Waals surface area contributed by atoms with E-state index in [0.717, 1.165) is 12.8 Å². The van der Waals surface area contributed by atoms with Gasteiger partial charge >= 0.3 is 6.09 Å². The summed E-state index contributed by atoms with van der Waals surface area (Å²) in [5, 5.41) is 0. The van der Waals surface area contributed by atoms with E-state index in [1.54, 1.807) is 4.90 Å². The van der Waals surface area contributed by atoms with Gasteiger partial charge in [-0.2, -0.15) is 0 Å². The number of carbonyl (C=O) groups excluding carboxylic acids is 1. The normalized spacial score (nSPS) is 34.2. The van der Waals surface area contributed by atoms with Crippen molar-refractivity contribution in [1.82, 2.24) is 4.90 Å². The molecule has 1 heterocycles. The summed E-state index contributed by atoms with van der Waals surface area (Å²) in [6.07, 6.45) is 5.62. The lowest BCUT2D eigenvalue weighted by Crippen LogP contribution is -2.43. The van der Waals surface area contributed by atoms with Crippen LogP contribution in [-0.4, -0.2) is 41.9 Å². The van der Waals surface area contributed by atoms with Crippen LogP contribution in [0.3, 0.4) is 0 Å². The van der Waals surface area contributed by atoms with E-state index in [0.29, 0.717) is 12.5 Å². The summed E-state index contributed by atoms with van der Waals surface area (Å²) < 4.78 is 11.6. The fourth-order valence-electron chi connectivity index (χ4n) is 3.41. The second-order valence-corrected chi connectivity index (χ2v) is 7.47. The van der Waals surface area contributed by atoms with Crippen LogP contribution in [0.1, 0.15) is 59.8 Å². The van der Waals surface area contributed by atoms with Gasteiger partial charge in [-0.05, 0) is 46.0 Å². The molecule has 1 spiro atoms. The maximum absolute atomic E-state index is 12.1. The van der Waals surface area contributed by atoms with Crippen molar-refractivity contribution in [3.63, 3.8) is 0 Å². The summed E-state index contributed by atoms with van der Waals surface area (Å²) in [6.45, 7) is 8.62. The van der Waals surface area contributed by atoms with Crippen LogP contribution < -0.4 is 0 Å². The van der Waals surface area contributed by atoms with Gasteiger partial charge in [0.2, 0.25) is 0 Å². The van der Waals surface area contributed by atoms with Crippen molar-refractivity contribution in [2.75, 3.05) is 13.7 Å². The highest BCUT2D eigenvalue weighted by Crippen LogP contribution is 2.44. The molecule has 0 aromatic carbocycles. The molecule has 4 heteroatoms. The lowest BCUT2D eigenvalue weighted by Gasteiger charge is -2.39. The number of amides is 1. The van der Waals surface area contributed by atoms with Crippen LogP contribution in [-0.2, 0) is 9.47 Å². The molecule has 4 nitrogen and oxygen atoms in total. The Labute approximate surface area is 122 Å². The molecule has 3 atom stereocenters. The standard InChI is InChI=1S/C16H29NO3/c1-12-8-6-7-9-16(12)10-13(11-19-16)17(5)14(18)20-15(2,3)4/h12-13H,6-11H2,1-5H3/t12-,13+,16+/m1/s1. The summed E-state index contributed by atoms with van der Waals surface area (Å²) >= 11 is 0. The van der Waals surface area contributed by atoms with Crippen LogP contribution in [0.15, 0.2) is 0 Å². The van der Waals surface area contributed by atoms with Crippen molar-refractivity contribution in [2.45, 2.75) is 77.0 Å². The third kappa shape index (κ3) is 3.27. The van der Waals surface area contributed by atoms with Gasteiger partial charge < -0.3 is 14.4 Å². The lowest BCUT2D eigenvalue weighted by molar-refractivity contribution is -0.0628. The van der Waals surface area contributed by atoms with Gasteiger partial charge in [0.05, 0.1) is 18.2 Å². The summed E-state index contributed by atoms with van der Waals surface area (Å²) in [6, 6.07) is 0.144. The van der Waals surface area contributed by atoms with Crippen LogP contribution in [0, 0.1) is 5.92 Å². The predicted octanol–water partition coefficient (Wildman–Crippen LogP) is 3.59. The van der Waals surface area contributed by atoms with E-state index in [1.165, 1.54) is 19.3 Å². The summed E-state index contributed by atoms with van der Waals surface area (Å²) in [4.78, 5) is 13.9. The molecule has 2 fully saturated rings. The van der Waals surface area contributed by atoms with Gasteiger partial charge in [-0.15, -0.1) is 0 Å². The second kappa shape index (κ2) is 5.55. The molecule has 1 saturated carbocycles. The van der Waals surface area contributed by atoms with Gasteiger partial charge in [0, 0.05) is 7.05 Å². The van der Waals surface area contributed by atoms with Gasteiger partial charge in [-0.25, -0.2) is 4.79 Å². The third-order valence-electron chi connectivity index (χ3n) is 4.76. The molecule has 1 amide bonds. The monoisotopic (exact) mass is 283 g/mol. The number of ether oxygens (including phenoxy) is 2. The van der Waals surface area contributed by atoms with Crippen LogP contribution in [0.25, 0.3) is 0 Å². The fraction of sp³-hybridized carbons (Fsp3) is 0.938. The Bertz CT molecular complexity index is 363. The molecule has 1 aliphatic heterocycles. The maximum atomic E-state index is 12.1. The average molecular weight is 283 g/mol. The quantitative estimate of drug-likeness (QED) is 0.738. The molecule has 0 aromatic heterocycles. The average Bonchev–Trinajstić information content (AvgIpc) is 2.75. The topological polar surface area (TPSA) is 38.8 Å². The number of carbonyl (C=O) groups is 1. The molecule has 0 unspecified atom stereocenters. The van der Waals surface area contributed by atoms with Crippen LogP contribution in [0.4, 0.5) is 4.79 Å². The zero-order chi connectivity index (χ0) is 15.0. The minimum Gasteiger partial charge on any atom is -0.444 e. The maximum Gasteiger partial charge on any atom is 0.410 e.